The van der Waals surface area contributed by atoms with E-state index < -0.39 is 5.97 Å². The highest BCUT2D eigenvalue weighted by Crippen LogP contribution is 2.33. The van der Waals surface area contributed by atoms with Gasteiger partial charge in [-0.25, -0.2) is 4.79 Å². The number of carbonyl (C=O) groups is 2. The molecule has 0 spiro atoms. The van der Waals surface area contributed by atoms with E-state index in [1.165, 1.54) is 13.2 Å². The smallest absolute Gasteiger partial charge is 0.337 e. The summed E-state index contributed by atoms with van der Waals surface area (Å²) in [5.41, 5.74) is 0.807. The van der Waals surface area contributed by atoms with Crippen LogP contribution in [0.2, 0.25) is 0 Å². The summed E-state index contributed by atoms with van der Waals surface area (Å²) in [5, 5.41) is 0. The third-order valence-corrected chi connectivity index (χ3v) is 3.35. The van der Waals surface area contributed by atoms with E-state index in [1.807, 2.05) is 0 Å². The first-order valence-electron chi connectivity index (χ1n) is 5.90. The molecule has 1 unspecified atom stereocenters. The molecular weight excluding hydrogens is 234 g/mol. The number of carbonyl (C=O) groups excluding carboxylic acids is 2. The van der Waals surface area contributed by atoms with Crippen LogP contribution in [0.15, 0.2) is 18.2 Å². The number of rotatable bonds is 1. The molecule has 1 aromatic carbocycles. The highest BCUT2D eigenvalue weighted by atomic mass is 16.5. The minimum Gasteiger partial charge on any atom is -0.470 e. The van der Waals surface area contributed by atoms with E-state index in [4.69, 9.17) is 4.74 Å². The van der Waals surface area contributed by atoms with Gasteiger partial charge < -0.3 is 14.4 Å². The van der Waals surface area contributed by atoms with Crippen molar-refractivity contribution in [3.05, 3.63) is 29.3 Å². The predicted molar refractivity (Wildman–Crippen MR) is 62.5 cm³/mol. The fraction of sp³-hybridized carbons (Fsp3) is 0.385. The van der Waals surface area contributed by atoms with Crippen LogP contribution >= 0.6 is 0 Å². The molecular formula is C13H13NO4. The molecule has 2 heterocycles. The normalized spacial score (nSPS) is 21.1. The Morgan fingerprint density at radius 2 is 2.33 bits per heavy atom. The van der Waals surface area contributed by atoms with Crippen molar-refractivity contribution >= 4 is 11.9 Å². The zero-order chi connectivity index (χ0) is 12.7. The standard InChI is InChI=1S/C13H13NO4/c1-17-13(16)8-4-5-10-9(7-8)12(15)14-6-2-3-11(14)18-10/h4-5,7,11H,2-3,6H2,1H3. The van der Waals surface area contributed by atoms with E-state index in [0.717, 1.165) is 12.8 Å². The first-order valence-corrected chi connectivity index (χ1v) is 5.90. The van der Waals surface area contributed by atoms with Crippen LogP contribution in [0.3, 0.4) is 0 Å². The number of hydrogen-bond acceptors (Lipinski definition) is 4. The molecule has 0 radical (unpaired) electrons. The summed E-state index contributed by atoms with van der Waals surface area (Å²) in [5.74, 6) is 0.0365. The lowest BCUT2D eigenvalue weighted by molar-refractivity contribution is 0.0294. The van der Waals surface area contributed by atoms with Crippen LogP contribution in [-0.4, -0.2) is 36.7 Å². The van der Waals surface area contributed by atoms with Gasteiger partial charge in [-0.1, -0.05) is 0 Å². The molecule has 0 aromatic heterocycles. The van der Waals surface area contributed by atoms with E-state index in [2.05, 4.69) is 4.74 Å². The summed E-state index contributed by atoms with van der Waals surface area (Å²) in [6.07, 6.45) is 1.67. The van der Waals surface area contributed by atoms with Crippen LogP contribution in [0.5, 0.6) is 5.75 Å². The molecule has 1 saturated heterocycles. The number of hydrogen-bond donors (Lipinski definition) is 0. The molecule has 18 heavy (non-hydrogen) atoms. The van der Waals surface area contributed by atoms with Crippen molar-refractivity contribution < 1.29 is 19.1 Å². The van der Waals surface area contributed by atoms with Gasteiger partial charge in [0, 0.05) is 13.0 Å². The van der Waals surface area contributed by atoms with Crippen LogP contribution < -0.4 is 4.74 Å². The second-order valence-electron chi connectivity index (χ2n) is 4.42. The van der Waals surface area contributed by atoms with Crippen LogP contribution in [0.1, 0.15) is 33.6 Å². The molecule has 1 atom stereocenters. The van der Waals surface area contributed by atoms with Crippen molar-refractivity contribution in [1.82, 2.24) is 4.90 Å². The summed E-state index contributed by atoms with van der Waals surface area (Å²) < 4.78 is 10.4. The largest absolute Gasteiger partial charge is 0.470 e. The summed E-state index contributed by atoms with van der Waals surface area (Å²) in [4.78, 5) is 25.4. The van der Waals surface area contributed by atoms with Crippen molar-refractivity contribution in [2.75, 3.05) is 13.7 Å². The number of nitrogens with zero attached hydrogens (tertiary/aromatic N) is 1. The van der Waals surface area contributed by atoms with E-state index in [0.29, 0.717) is 23.4 Å². The molecule has 1 amide bonds. The summed E-state index contributed by atoms with van der Waals surface area (Å²) >= 11 is 0. The van der Waals surface area contributed by atoms with Crippen molar-refractivity contribution in [3.63, 3.8) is 0 Å². The maximum Gasteiger partial charge on any atom is 0.337 e. The molecule has 1 fully saturated rings. The number of esters is 1. The molecule has 5 heteroatoms. The molecule has 2 aliphatic heterocycles. The Morgan fingerprint density at radius 1 is 1.50 bits per heavy atom. The summed E-state index contributed by atoms with van der Waals surface area (Å²) in [6.45, 7) is 0.714. The Balaban J connectivity index is 2.01. The second-order valence-corrected chi connectivity index (χ2v) is 4.42. The Labute approximate surface area is 104 Å². The average molecular weight is 247 g/mol. The maximum atomic E-state index is 12.3. The van der Waals surface area contributed by atoms with Crippen molar-refractivity contribution in [2.45, 2.75) is 19.1 Å². The Hall–Kier alpha value is -2.04. The van der Waals surface area contributed by atoms with E-state index in [9.17, 15) is 9.59 Å². The van der Waals surface area contributed by atoms with E-state index in [-0.39, 0.29) is 12.1 Å². The summed E-state index contributed by atoms with van der Waals surface area (Å²) in [6, 6.07) is 4.82. The molecule has 0 saturated carbocycles. The topological polar surface area (TPSA) is 55.8 Å². The highest BCUT2D eigenvalue weighted by Gasteiger charge is 2.37. The fourth-order valence-corrected chi connectivity index (χ4v) is 2.44. The fourth-order valence-electron chi connectivity index (χ4n) is 2.44. The zero-order valence-corrected chi connectivity index (χ0v) is 10.0. The molecule has 2 aliphatic rings. The third-order valence-electron chi connectivity index (χ3n) is 3.35. The lowest BCUT2D eigenvalue weighted by atomic mass is 10.1. The van der Waals surface area contributed by atoms with Gasteiger partial charge in [0.05, 0.1) is 18.2 Å². The average Bonchev–Trinajstić information content (AvgIpc) is 2.86. The van der Waals surface area contributed by atoms with Gasteiger partial charge in [-0.05, 0) is 24.6 Å². The van der Waals surface area contributed by atoms with Crippen LogP contribution in [0, 0.1) is 0 Å². The van der Waals surface area contributed by atoms with Crippen molar-refractivity contribution in [1.29, 1.82) is 0 Å². The lowest BCUT2D eigenvalue weighted by Crippen LogP contribution is -2.43. The van der Waals surface area contributed by atoms with Gasteiger partial charge in [0.1, 0.15) is 5.75 Å². The van der Waals surface area contributed by atoms with E-state index in [1.54, 1.807) is 17.0 Å². The SMILES string of the molecule is COC(=O)c1ccc2c(c1)C(=O)N1CCCC1O2. The quantitative estimate of drug-likeness (QED) is 0.704. The predicted octanol–water partition coefficient (Wildman–Crippen LogP) is 1.43. The number of methoxy groups -OCH3 is 1. The number of ether oxygens (including phenoxy) is 2. The van der Waals surface area contributed by atoms with E-state index >= 15 is 0 Å². The number of benzene rings is 1. The van der Waals surface area contributed by atoms with Gasteiger partial charge in [-0.2, -0.15) is 0 Å². The first-order chi connectivity index (χ1) is 8.70. The van der Waals surface area contributed by atoms with Gasteiger partial charge in [-0.3, -0.25) is 4.79 Å². The van der Waals surface area contributed by atoms with Gasteiger partial charge in [0.2, 0.25) is 0 Å². The number of fused-ring (bicyclic) bond motifs is 2. The molecule has 0 aliphatic carbocycles. The van der Waals surface area contributed by atoms with Crippen LogP contribution in [0.4, 0.5) is 0 Å². The second kappa shape index (κ2) is 4.01. The molecule has 0 bridgehead atoms. The Morgan fingerprint density at radius 3 is 3.11 bits per heavy atom. The minimum atomic E-state index is -0.450. The zero-order valence-electron chi connectivity index (χ0n) is 10.0. The van der Waals surface area contributed by atoms with Crippen LogP contribution in [-0.2, 0) is 4.74 Å². The third kappa shape index (κ3) is 1.54. The molecule has 0 N–H and O–H groups in total. The van der Waals surface area contributed by atoms with Crippen molar-refractivity contribution in [3.8, 4) is 5.75 Å². The minimum absolute atomic E-state index is 0.0653. The number of amides is 1. The Kier molecular flexibility index (Phi) is 2.47. The molecule has 5 nitrogen and oxygen atoms in total. The maximum absolute atomic E-state index is 12.3. The molecule has 94 valence electrons. The highest BCUT2D eigenvalue weighted by molar-refractivity contribution is 6.01. The lowest BCUT2D eigenvalue weighted by Gasteiger charge is -2.31. The molecule has 3 rings (SSSR count). The molecule has 1 aromatic rings. The van der Waals surface area contributed by atoms with Crippen molar-refractivity contribution in [2.24, 2.45) is 0 Å². The summed E-state index contributed by atoms with van der Waals surface area (Å²) in [7, 11) is 1.32. The van der Waals surface area contributed by atoms with Crippen LogP contribution in [0.25, 0.3) is 0 Å². The van der Waals surface area contributed by atoms with Gasteiger partial charge >= 0.3 is 5.97 Å². The van der Waals surface area contributed by atoms with Gasteiger partial charge in [-0.15, -0.1) is 0 Å². The van der Waals surface area contributed by atoms with Gasteiger partial charge in [0.25, 0.3) is 5.91 Å². The monoisotopic (exact) mass is 247 g/mol. The first kappa shape index (κ1) is 11.1. The van der Waals surface area contributed by atoms with Gasteiger partial charge in [0.15, 0.2) is 6.23 Å². The Bertz CT molecular complexity index is 526.